The van der Waals surface area contributed by atoms with Gasteiger partial charge < -0.3 is 14.2 Å². The van der Waals surface area contributed by atoms with E-state index in [0.29, 0.717) is 25.4 Å². The molecule has 5 rings (SSSR count). The molecule has 0 aromatic carbocycles. The largest absolute Gasteiger partial charge is 0.466 e. The van der Waals surface area contributed by atoms with Crippen LogP contribution in [0, 0.1) is 23.7 Å². The lowest BCUT2D eigenvalue weighted by Crippen LogP contribution is -2.70. The SMILES string of the molecule is CCCC[C@H]1C(=O)O[C@@H]2O[C@]3(CCC(=O)OCC)CC[C@H]4[C@H](C)CC[C@@H]1[C@@]24OO3. The van der Waals surface area contributed by atoms with Crippen LogP contribution >= 0.6 is 0 Å². The van der Waals surface area contributed by atoms with Crippen molar-refractivity contribution >= 4 is 11.9 Å². The van der Waals surface area contributed by atoms with E-state index in [2.05, 4.69) is 13.8 Å². The summed E-state index contributed by atoms with van der Waals surface area (Å²) < 4.78 is 17.3. The molecule has 1 saturated carbocycles. The Morgan fingerprint density at radius 2 is 2.00 bits per heavy atom. The van der Waals surface area contributed by atoms with Crippen LogP contribution < -0.4 is 0 Å². The molecule has 1 aliphatic carbocycles. The van der Waals surface area contributed by atoms with E-state index in [1.54, 1.807) is 6.92 Å². The molecule has 0 N–H and O–H groups in total. The molecule has 4 heterocycles. The number of hydrogen-bond donors (Lipinski definition) is 0. The summed E-state index contributed by atoms with van der Waals surface area (Å²) in [5.74, 6) is -1.02. The molecule has 5 aliphatic rings. The van der Waals surface area contributed by atoms with Crippen LogP contribution in [0.4, 0.5) is 0 Å². The second-order valence-electron chi connectivity index (χ2n) is 9.18. The van der Waals surface area contributed by atoms with E-state index in [-0.39, 0.29) is 36.1 Å². The second kappa shape index (κ2) is 8.16. The van der Waals surface area contributed by atoms with E-state index < -0.39 is 17.7 Å². The highest BCUT2D eigenvalue weighted by Crippen LogP contribution is 2.61. The molecule has 1 spiro atoms. The average molecular weight is 411 g/mol. The molecule has 7 nitrogen and oxygen atoms in total. The van der Waals surface area contributed by atoms with Crippen molar-refractivity contribution in [1.82, 2.24) is 0 Å². The van der Waals surface area contributed by atoms with Crippen molar-refractivity contribution < 1.29 is 33.6 Å². The van der Waals surface area contributed by atoms with Crippen molar-refractivity contribution in [3.8, 4) is 0 Å². The number of fused-ring (bicyclic) bond motifs is 2. The number of carbonyl (C=O) groups is 2. The Hall–Kier alpha value is -1.18. The first-order chi connectivity index (χ1) is 14.0. The van der Waals surface area contributed by atoms with Gasteiger partial charge in [-0.05, 0) is 38.5 Å². The quantitative estimate of drug-likeness (QED) is 0.465. The molecule has 2 bridgehead atoms. The predicted molar refractivity (Wildman–Crippen MR) is 102 cm³/mol. The Morgan fingerprint density at radius 3 is 2.76 bits per heavy atom. The highest BCUT2D eigenvalue weighted by atomic mass is 17.3. The van der Waals surface area contributed by atoms with E-state index >= 15 is 0 Å². The van der Waals surface area contributed by atoms with Gasteiger partial charge in [-0.15, -0.1) is 0 Å². The molecular formula is C22H34O7. The molecule has 0 amide bonds. The summed E-state index contributed by atoms with van der Waals surface area (Å²) in [6, 6.07) is 0. The van der Waals surface area contributed by atoms with E-state index in [4.69, 9.17) is 24.0 Å². The fourth-order valence-electron chi connectivity index (χ4n) is 6.03. The summed E-state index contributed by atoms with van der Waals surface area (Å²) in [6.07, 6.45) is 6.03. The summed E-state index contributed by atoms with van der Waals surface area (Å²) in [5, 5.41) is 0. The number of rotatable bonds is 7. The van der Waals surface area contributed by atoms with Crippen molar-refractivity contribution in [2.45, 2.75) is 96.2 Å². The van der Waals surface area contributed by atoms with Crippen LogP contribution in [0.15, 0.2) is 0 Å². The van der Waals surface area contributed by atoms with Crippen LogP contribution in [0.5, 0.6) is 0 Å². The number of ether oxygens (including phenoxy) is 3. The summed E-state index contributed by atoms with van der Waals surface area (Å²) in [7, 11) is 0. The normalized spacial score (nSPS) is 43.3. The number of hydrogen-bond acceptors (Lipinski definition) is 7. The molecule has 7 atom stereocenters. The zero-order chi connectivity index (χ0) is 20.6. The van der Waals surface area contributed by atoms with Gasteiger partial charge in [0.1, 0.15) is 0 Å². The topological polar surface area (TPSA) is 80.3 Å². The van der Waals surface area contributed by atoms with E-state index in [0.717, 1.165) is 38.5 Å². The highest BCUT2D eigenvalue weighted by Gasteiger charge is 2.71. The van der Waals surface area contributed by atoms with E-state index in [1.807, 2.05) is 0 Å². The fraction of sp³-hybridized carbons (Fsp3) is 0.909. The van der Waals surface area contributed by atoms with Crippen molar-refractivity contribution in [2.75, 3.05) is 6.61 Å². The lowest BCUT2D eigenvalue weighted by molar-refractivity contribution is -0.564. The second-order valence-corrected chi connectivity index (χ2v) is 9.18. The van der Waals surface area contributed by atoms with Crippen LogP contribution in [0.1, 0.15) is 78.6 Å². The van der Waals surface area contributed by atoms with E-state index in [1.165, 1.54) is 0 Å². The Kier molecular flexibility index (Phi) is 5.93. The molecule has 0 radical (unpaired) electrons. The molecular weight excluding hydrogens is 376 g/mol. The Bertz CT molecular complexity index is 637. The third-order valence-corrected chi connectivity index (χ3v) is 7.54. The fourth-order valence-corrected chi connectivity index (χ4v) is 6.03. The number of unbranched alkanes of at least 4 members (excludes halogenated alkanes) is 1. The van der Waals surface area contributed by atoms with Gasteiger partial charge in [0.2, 0.25) is 12.1 Å². The summed E-state index contributed by atoms with van der Waals surface area (Å²) >= 11 is 0. The first-order valence-corrected chi connectivity index (χ1v) is 11.4. The highest BCUT2D eigenvalue weighted by molar-refractivity contribution is 5.74. The van der Waals surface area contributed by atoms with Crippen LogP contribution in [0.25, 0.3) is 0 Å². The number of esters is 2. The third-order valence-electron chi connectivity index (χ3n) is 7.54. The maximum Gasteiger partial charge on any atom is 0.311 e. The third kappa shape index (κ3) is 3.49. The minimum Gasteiger partial charge on any atom is -0.466 e. The molecule has 5 fully saturated rings. The van der Waals surface area contributed by atoms with Crippen molar-refractivity contribution in [1.29, 1.82) is 0 Å². The molecule has 7 heteroatoms. The van der Waals surface area contributed by atoms with Gasteiger partial charge in [0.25, 0.3) is 0 Å². The standard InChI is InChI=1S/C22H34O7/c1-4-6-7-15-17-9-8-14(3)16-10-12-21(13-11-18(23)25-5-2)27-20(26-19(15)24)22(16,17)29-28-21/h14-17,20H,4-13H2,1-3H3/t14-,15-,16+,17+,20-,21-,22-/m1/s1. The van der Waals surface area contributed by atoms with Crippen molar-refractivity contribution in [3.05, 3.63) is 0 Å². The van der Waals surface area contributed by atoms with Gasteiger partial charge in [0.15, 0.2) is 5.60 Å². The van der Waals surface area contributed by atoms with Gasteiger partial charge in [-0.1, -0.05) is 26.7 Å². The predicted octanol–water partition coefficient (Wildman–Crippen LogP) is 3.89. The summed E-state index contributed by atoms with van der Waals surface area (Å²) in [4.78, 5) is 37.0. The van der Waals surface area contributed by atoms with Gasteiger partial charge in [0.05, 0.1) is 18.9 Å². The Labute approximate surface area is 172 Å². The monoisotopic (exact) mass is 410 g/mol. The molecule has 4 saturated heterocycles. The number of carbonyl (C=O) groups excluding carboxylic acids is 2. The zero-order valence-corrected chi connectivity index (χ0v) is 17.8. The van der Waals surface area contributed by atoms with Crippen LogP contribution in [-0.4, -0.2) is 36.2 Å². The van der Waals surface area contributed by atoms with Gasteiger partial charge in [-0.2, -0.15) is 0 Å². The maximum absolute atomic E-state index is 12.9. The minimum absolute atomic E-state index is 0.0441. The molecule has 0 aromatic heterocycles. The van der Waals surface area contributed by atoms with Gasteiger partial charge in [-0.25, -0.2) is 9.78 Å². The zero-order valence-electron chi connectivity index (χ0n) is 17.8. The molecule has 4 aliphatic heterocycles. The molecule has 164 valence electrons. The lowest BCUT2D eigenvalue weighted by Gasteiger charge is -2.58. The summed E-state index contributed by atoms with van der Waals surface area (Å²) in [5.41, 5.74) is -0.742. The van der Waals surface area contributed by atoms with Gasteiger partial charge in [0, 0.05) is 24.7 Å². The molecule has 0 aromatic rings. The lowest BCUT2D eigenvalue weighted by atomic mass is 9.57. The van der Waals surface area contributed by atoms with Crippen LogP contribution in [0.3, 0.4) is 0 Å². The molecule has 0 unspecified atom stereocenters. The summed E-state index contributed by atoms with van der Waals surface area (Å²) in [6.45, 7) is 6.50. The Morgan fingerprint density at radius 1 is 1.17 bits per heavy atom. The average Bonchev–Trinajstić information content (AvgIpc) is 2.95. The van der Waals surface area contributed by atoms with Gasteiger partial charge >= 0.3 is 11.9 Å². The maximum atomic E-state index is 12.9. The van der Waals surface area contributed by atoms with E-state index in [9.17, 15) is 9.59 Å². The Balaban J connectivity index is 1.61. The first kappa shape index (κ1) is 21.1. The first-order valence-electron chi connectivity index (χ1n) is 11.4. The van der Waals surface area contributed by atoms with Crippen molar-refractivity contribution in [2.24, 2.45) is 23.7 Å². The minimum atomic E-state index is -1.07. The molecule has 29 heavy (non-hydrogen) atoms. The van der Waals surface area contributed by atoms with Crippen LogP contribution in [-0.2, 0) is 33.6 Å². The van der Waals surface area contributed by atoms with Gasteiger partial charge in [-0.3, -0.25) is 9.59 Å². The smallest absolute Gasteiger partial charge is 0.311 e. The van der Waals surface area contributed by atoms with Crippen LogP contribution in [0.2, 0.25) is 0 Å². The van der Waals surface area contributed by atoms with Crippen molar-refractivity contribution in [3.63, 3.8) is 0 Å².